The van der Waals surface area contributed by atoms with Gasteiger partial charge in [0.25, 0.3) is 0 Å². The van der Waals surface area contributed by atoms with Gasteiger partial charge in [-0.15, -0.1) is 0 Å². The monoisotopic (exact) mass is 251 g/mol. The number of aliphatic imine (C=N–C) groups is 2. The van der Waals surface area contributed by atoms with Crippen molar-refractivity contribution in [2.24, 2.45) is 15.7 Å². The van der Waals surface area contributed by atoms with Gasteiger partial charge in [-0.3, -0.25) is 15.8 Å². The van der Waals surface area contributed by atoms with Crippen molar-refractivity contribution >= 4 is 35.2 Å². The second kappa shape index (κ2) is 4.13. The molecule has 0 aliphatic carbocycles. The average molecular weight is 251 g/mol. The van der Waals surface area contributed by atoms with Gasteiger partial charge in [0, 0.05) is 13.6 Å². The first-order chi connectivity index (χ1) is 8.04. The van der Waals surface area contributed by atoms with Crippen molar-refractivity contribution in [2.75, 3.05) is 13.6 Å². The van der Waals surface area contributed by atoms with Crippen LogP contribution in [0.4, 0.5) is 0 Å². The third-order valence-electron chi connectivity index (χ3n) is 2.40. The van der Waals surface area contributed by atoms with Gasteiger partial charge in [0.05, 0.1) is 6.21 Å². The van der Waals surface area contributed by atoms with Crippen molar-refractivity contribution < 1.29 is 0 Å². The van der Waals surface area contributed by atoms with Crippen LogP contribution in [-0.4, -0.2) is 46.5 Å². The Morgan fingerprint density at radius 2 is 2.29 bits per heavy atom. The predicted octanol–water partition coefficient (Wildman–Crippen LogP) is -0.369. The van der Waals surface area contributed by atoms with Crippen LogP contribution >= 0.6 is 12.2 Å². The number of hydrogen-bond acceptors (Lipinski definition) is 5. The molecule has 7 nitrogen and oxygen atoms in total. The highest BCUT2D eigenvalue weighted by molar-refractivity contribution is 7.80. The van der Waals surface area contributed by atoms with E-state index < -0.39 is 0 Å². The molecule has 2 rings (SSSR count). The van der Waals surface area contributed by atoms with Crippen LogP contribution in [0.15, 0.2) is 21.5 Å². The molecule has 0 aromatic heterocycles. The highest BCUT2D eigenvalue weighted by Gasteiger charge is 2.30. The molecule has 90 valence electrons. The summed E-state index contributed by atoms with van der Waals surface area (Å²) in [5, 5.41) is 10.1. The summed E-state index contributed by atoms with van der Waals surface area (Å²) in [6, 6.07) is 0. The summed E-state index contributed by atoms with van der Waals surface area (Å²) in [5.41, 5.74) is 8.92. The molecule has 0 unspecified atom stereocenters. The molecule has 2 aliphatic heterocycles. The van der Waals surface area contributed by atoms with E-state index in [1.165, 1.54) is 6.21 Å². The predicted molar refractivity (Wildman–Crippen MR) is 70.7 cm³/mol. The molecular weight excluding hydrogens is 238 g/mol. The van der Waals surface area contributed by atoms with Crippen molar-refractivity contribution in [3.63, 3.8) is 0 Å². The SMILES string of the molecule is CCN1C(=S)NN(C)/C1=C1/N=CC(N)=NC1=N. The molecule has 0 amide bonds. The number of nitrogens with one attached hydrogen (secondary N) is 2. The maximum Gasteiger partial charge on any atom is 0.193 e. The molecule has 1 fully saturated rings. The topological polar surface area (TPSA) is 93.1 Å². The van der Waals surface area contributed by atoms with Gasteiger partial charge in [0.15, 0.2) is 16.8 Å². The lowest BCUT2D eigenvalue weighted by molar-refractivity contribution is 0.353. The minimum Gasteiger partial charge on any atom is -0.382 e. The molecule has 8 heteroatoms. The standard InChI is InChI=1S/C9H13N7S/c1-3-16-8(15(2)14-9(16)17)6-7(11)13-5(10)4-12-6/h4H,3H2,1-2H3,(H,14,17)(H3,10,11,13)/b8-6-. The highest BCUT2D eigenvalue weighted by atomic mass is 32.1. The first-order valence-corrected chi connectivity index (χ1v) is 5.48. The number of hydrogen-bond donors (Lipinski definition) is 3. The smallest absolute Gasteiger partial charge is 0.193 e. The maximum atomic E-state index is 7.80. The van der Waals surface area contributed by atoms with Crippen LogP contribution < -0.4 is 11.2 Å². The van der Waals surface area contributed by atoms with Gasteiger partial charge >= 0.3 is 0 Å². The van der Waals surface area contributed by atoms with Crippen LogP contribution in [0.25, 0.3) is 0 Å². The summed E-state index contributed by atoms with van der Waals surface area (Å²) < 4.78 is 0. The Labute approximate surface area is 104 Å². The Bertz CT molecular complexity index is 476. The lowest BCUT2D eigenvalue weighted by Gasteiger charge is -2.20. The van der Waals surface area contributed by atoms with Crippen molar-refractivity contribution in [1.29, 1.82) is 5.41 Å². The van der Waals surface area contributed by atoms with E-state index >= 15 is 0 Å². The van der Waals surface area contributed by atoms with Crippen LogP contribution in [-0.2, 0) is 0 Å². The minimum atomic E-state index is 0.0387. The molecule has 2 aliphatic rings. The van der Waals surface area contributed by atoms with Crippen molar-refractivity contribution in [2.45, 2.75) is 6.92 Å². The molecule has 0 bridgehead atoms. The fourth-order valence-corrected chi connectivity index (χ4v) is 2.03. The highest BCUT2D eigenvalue weighted by Crippen LogP contribution is 2.21. The third kappa shape index (κ3) is 1.86. The van der Waals surface area contributed by atoms with Gasteiger partial charge in [-0.1, -0.05) is 0 Å². The fraction of sp³-hybridized carbons (Fsp3) is 0.333. The Balaban J connectivity index is 2.48. The summed E-state index contributed by atoms with van der Waals surface area (Å²) >= 11 is 5.18. The van der Waals surface area contributed by atoms with Gasteiger partial charge in [-0.2, -0.15) is 0 Å². The number of hydrazine groups is 1. The Kier molecular flexibility index (Phi) is 2.80. The zero-order valence-corrected chi connectivity index (χ0v) is 10.4. The van der Waals surface area contributed by atoms with Crippen LogP contribution in [0.2, 0.25) is 0 Å². The Morgan fingerprint density at radius 3 is 2.88 bits per heavy atom. The Morgan fingerprint density at radius 1 is 1.59 bits per heavy atom. The second-order valence-corrected chi connectivity index (χ2v) is 3.92. The van der Waals surface area contributed by atoms with E-state index in [1.54, 1.807) is 5.01 Å². The minimum absolute atomic E-state index is 0.0387. The van der Waals surface area contributed by atoms with Gasteiger partial charge in [-0.25, -0.2) is 9.98 Å². The first-order valence-electron chi connectivity index (χ1n) is 5.08. The number of nitrogens with two attached hydrogens (primary N) is 1. The van der Waals surface area contributed by atoms with Gasteiger partial charge < -0.3 is 10.6 Å². The van der Waals surface area contributed by atoms with E-state index in [9.17, 15) is 0 Å². The lowest BCUT2D eigenvalue weighted by Crippen LogP contribution is -2.29. The summed E-state index contributed by atoms with van der Waals surface area (Å²) in [4.78, 5) is 9.89. The molecule has 2 heterocycles. The van der Waals surface area contributed by atoms with Crippen LogP contribution in [0.3, 0.4) is 0 Å². The van der Waals surface area contributed by atoms with E-state index in [2.05, 4.69) is 15.4 Å². The number of thiocarbonyl (C=S) groups is 1. The van der Waals surface area contributed by atoms with Gasteiger partial charge in [-0.05, 0) is 19.1 Å². The number of rotatable bonds is 1. The molecule has 0 spiro atoms. The molecule has 1 saturated heterocycles. The summed E-state index contributed by atoms with van der Waals surface area (Å²) in [7, 11) is 1.81. The first kappa shape index (κ1) is 11.5. The van der Waals surface area contributed by atoms with Crippen molar-refractivity contribution in [3.05, 3.63) is 11.5 Å². The third-order valence-corrected chi connectivity index (χ3v) is 2.71. The Hall–Kier alpha value is -1.96. The molecule has 4 N–H and O–H groups in total. The van der Waals surface area contributed by atoms with E-state index in [0.29, 0.717) is 17.4 Å². The largest absolute Gasteiger partial charge is 0.382 e. The number of amidine groups is 2. The van der Waals surface area contributed by atoms with Gasteiger partial charge in [0.1, 0.15) is 11.5 Å². The molecule has 0 saturated carbocycles. The molecule has 0 aromatic carbocycles. The lowest BCUT2D eigenvalue weighted by atomic mass is 10.3. The van der Waals surface area contributed by atoms with Crippen LogP contribution in [0.1, 0.15) is 6.92 Å². The quantitative estimate of drug-likeness (QED) is 0.553. The molecule has 17 heavy (non-hydrogen) atoms. The summed E-state index contributed by atoms with van der Waals surface area (Å²) in [6.07, 6.45) is 1.43. The molecule has 0 radical (unpaired) electrons. The summed E-state index contributed by atoms with van der Waals surface area (Å²) in [6.45, 7) is 2.67. The second-order valence-electron chi connectivity index (χ2n) is 3.54. The van der Waals surface area contributed by atoms with E-state index in [0.717, 1.165) is 5.82 Å². The van der Waals surface area contributed by atoms with E-state index in [4.69, 9.17) is 23.4 Å². The maximum absolute atomic E-state index is 7.80. The van der Waals surface area contributed by atoms with E-state index in [1.807, 2.05) is 18.9 Å². The van der Waals surface area contributed by atoms with Crippen LogP contribution in [0.5, 0.6) is 0 Å². The fourth-order valence-electron chi connectivity index (χ4n) is 1.68. The number of nitrogens with zero attached hydrogens (tertiary/aromatic N) is 4. The van der Waals surface area contributed by atoms with Crippen molar-refractivity contribution in [3.8, 4) is 0 Å². The zero-order chi connectivity index (χ0) is 12.6. The van der Waals surface area contributed by atoms with Gasteiger partial charge in [0.2, 0.25) is 0 Å². The molecule has 0 atom stereocenters. The van der Waals surface area contributed by atoms with E-state index in [-0.39, 0.29) is 11.7 Å². The summed E-state index contributed by atoms with van der Waals surface area (Å²) in [5.74, 6) is 0.991. The average Bonchev–Trinajstić information content (AvgIpc) is 2.53. The molecule has 0 aromatic rings. The normalized spacial score (nSPS) is 24.2. The molecular formula is C9H13N7S. The van der Waals surface area contributed by atoms with Crippen LogP contribution in [0, 0.1) is 5.41 Å². The zero-order valence-electron chi connectivity index (χ0n) is 9.56. The van der Waals surface area contributed by atoms with Crippen molar-refractivity contribution in [1.82, 2.24) is 15.3 Å².